The molecule has 0 aromatic rings. The first kappa shape index (κ1) is 14.3. The van der Waals surface area contributed by atoms with Crippen LogP contribution in [0.15, 0.2) is 0 Å². The number of nitrogens with two attached hydrogens (primary N) is 1. The summed E-state index contributed by atoms with van der Waals surface area (Å²) in [4.78, 5) is 10.9. The van der Waals surface area contributed by atoms with E-state index in [9.17, 15) is 13.2 Å². The summed E-state index contributed by atoms with van der Waals surface area (Å²) < 4.78 is 26.1. The zero-order valence-electron chi connectivity index (χ0n) is 12.0. The van der Waals surface area contributed by atoms with Crippen molar-refractivity contribution >= 4 is 15.9 Å². The Morgan fingerprint density at radius 3 is 2.00 bits per heavy atom. The van der Waals surface area contributed by atoms with Gasteiger partial charge in [-0.3, -0.25) is 4.79 Å². The van der Waals surface area contributed by atoms with E-state index < -0.39 is 15.9 Å². The largest absolute Gasteiger partial charge is 0.369 e. The molecule has 4 fully saturated rings. The molecule has 0 unspecified atom stereocenters. The molecule has 0 aromatic carbocycles. The van der Waals surface area contributed by atoms with E-state index in [2.05, 4.69) is 0 Å². The minimum atomic E-state index is -3.39. The van der Waals surface area contributed by atoms with E-state index in [1.54, 1.807) is 0 Å². The number of likely N-dealkylation sites (N-methyl/N-ethyl adjacent to an activating group) is 1. The Bertz CT molecular complexity index is 479. The average Bonchev–Trinajstić information content (AvgIpc) is 2.23. The molecule has 4 saturated carbocycles. The second kappa shape index (κ2) is 4.70. The fourth-order valence-electron chi connectivity index (χ4n) is 5.28. The van der Waals surface area contributed by atoms with Crippen LogP contribution in [0.1, 0.15) is 38.5 Å². The number of carbonyl (C=O) groups is 1. The van der Waals surface area contributed by atoms with Crippen LogP contribution in [-0.2, 0) is 14.8 Å². The highest BCUT2D eigenvalue weighted by Gasteiger charge is 2.52. The minimum absolute atomic E-state index is 0.0283. The maximum Gasteiger partial charge on any atom is 0.232 e. The summed E-state index contributed by atoms with van der Waals surface area (Å²) in [5.74, 6) is 1.81. The van der Waals surface area contributed by atoms with Gasteiger partial charge < -0.3 is 5.73 Å². The Kier molecular flexibility index (Phi) is 3.36. The first-order chi connectivity index (χ1) is 9.28. The lowest BCUT2D eigenvalue weighted by Crippen LogP contribution is -2.51. The number of amides is 1. The lowest BCUT2D eigenvalue weighted by atomic mass is 9.50. The SMILES string of the molecule is CN(CC(N)=O)S(=O)(=O)CC12CC3CC(CC(C3)C1)C2. The highest BCUT2D eigenvalue weighted by molar-refractivity contribution is 7.89. The predicted molar refractivity (Wildman–Crippen MR) is 76.2 cm³/mol. The molecule has 114 valence electrons. The Balaban J connectivity index is 1.75. The van der Waals surface area contributed by atoms with Crippen LogP contribution in [0.3, 0.4) is 0 Å². The van der Waals surface area contributed by atoms with Crippen LogP contribution >= 0.6 is 0 Å². The van der Waals surface area contributed by atoms with Gasteiger partial charge in [0.2, 0.25) is 15.9 Å². The van der Waals surface area contributed by atoms with E-state index in [-0.39, 0.29) is 17.7 Å². The van der Waals surface area contributed by atoms with Crippen LogP contribution in [-0.4, -0.2) is 38.0 Å². The maximum absolute atomic E-state index is 12.5. The minimum Gasteiger partial charge on any atom is -0.369 e. The van der Waals surface area contributed by atoms with Gasteiger partial charge in [-0.1, -0.05) is 0 Å². The van der Waals surface area contributed by atoms with Crippen molar-refractivity contribution in [1.29, 1.82) is 0 Å². The molecule has 4 aliphatic carbocycles. The molecule has 6 heteroatoms. The fraction of sp³-hybridized carbons (Fsp3) is 0.929. The standard InChI is InChI=1S/C14H24N2O3S/c1-16(8-13(15)17)20(18,19)9-14-5-10-2-11(6-14)4-12(3-10)7-14/h10-12H,2-9H2,1H3,(H2,15,17). The molecule has 4 rings (SSSR count). The molecule has 0 saturated heterocycles. The fourth-order valence-corrected chi connectivity index (χ4v) is 6.95. The van der Waals surface area contributed by atoms with E-state index in [0.717, 1.165) is 41.3 Å². The second-order valence-electron chi connectivity index (χ2n) is 7.40. The third-order valence-corrected chi connectivity index (χ3v) is 7.56. The molecule has 4 bridgehead atoms. The van der Waals surface area contributed by atoms with Crippen molar-refractivity contribution in [1.82, 2.24) is 4.31 Å². The summed E-state index contributed by atoms with van der Waals surface area (Å²) in [5, 5.41) is 0. The number of nitrogens with zero attached hydrogens (tertiary/aromatic N) is 1. The van der Waals surface area contributed by atoms with Gasteiger partial charge in [0.05, 0.1) is 12.3 Å². The van der Waals surface area contributed by atoms with Crippen molar-refractivity contribution < 1.29 is 13.2 Å². The molecule has 4 aliphatic rings. The van der Waals surface area contributed by atoms with Gasteiger partial charge in [0.15, 0.2) is 0 Å². The molecule has 0 spiro atoms. The molecule has 20 heavy (non-hydrogen) atoms. The summed E-state index contributed by atoms with van der Waals surface area (Å²) in [5.41, 5.74) is 5.08. The van der Waals surface area contributed by atoms with Gasteiger partial charge in [-0.15, -0.1) is 0 Å². The van der Waals surface area contributed by atoms with Gasteiger partial charge in [0, 0.05) is 7.05 Å². The first-order valence-corrected chi connectivity index (χ1v) is 9.11. The van der Waals surface area contributed by atoms with Gasteiger partial charge in [0.25, 0.3) is 0 Å². The molecular formula is C14H24N2O3S. The van der Waals surface area contributed by atoms with Crippen molar-refractivity contribution in [3.8, 4) is 0 Å². The molecule has 0 atom stereocenters. The third-order valence-electron chi connectivity index (χ3n) is 5.51. The van der Waals surface area contributed by atoms with Crippen molar-refractivity contribution in [2.75, 3.05) is 19.3 Å². The quantitative estimate of drug-likeness (QED) is 0.821. The third kappa shape index (κ3) is 2.60. The molecular weight excluding hydrogens is 276 g/mol. The van der Waals surface area contributed by atoms with E-state index in [1.807, 2.05) is 0 Å². The van der Waals surface area contributed by atoms with Crippen LogP contribution in [0, 0.1) is 23.2 Å². The van der Waals surface area contributed by atoms with Crippen molar-refractivity contribution in [2.24, 2.45) is 28.9 Å². The molecule has 0 aromatic heterocycles. The van der Waals surface area contributed by atoms with Crippen LogP contribution in [0.25, 0.3) is 0 Å². The van der Waals surface area contributed by atoms with E-state index in [1.165, 1.54) is 26.3 Å². The molecule has 0 radical (unpaired) electrons. The van der Waals surface area contributed by atoms with Crippen molar-refractivity contribution in [3.63, 3.8) is 0 Å². The number of hydrogen-bond acceptors (Lipinski definition) is 3. The normalized spacial score (nSPS) is 39.4. The molecule has 2 N–H and O–H groups in total. The maximum atomic E-state index is 12.5. The number of primary amides is 1. The summed E-state index contributed by atoms with van der Waals surface area (Å²) in [6.07, 6.45) is 7.08. The molecule has 0 aliphatic heterocycles. The highest BCUT2D eigenvalue weighted by Crippen LogP contribution is 2.60. The first-order valence-electron chi connectivity index (χ1n) is 7.50. The smallest absolute Gasteiger partial charge is 0.232 e. The van der Waals surface area contributed by atoms with E-state index in [4.69, 9.17) is 5.73 Å². The van der Waals surface area contributed by atoms with Gasteiger partial charge in [0.1, 0.15) is 0 Å². The lowest BCUT2D eigenvalue weighted by molar-refractivity contribution is -0.118. The zero-order chi connectivity index (χ0) is 14.5. The number of hydrogen-bond donors (Lipinski definition) is 1. The molecule has 0 heterocycles. The predicted octanol–water partition coefficient (Wildman–Crippen LogP) is 0.950. The van der Waals surface area contributed by atoms with Gasteiger partial charge in [-0.25, -0.2) is 8.42 Å². The highest BCUT2D eigenvalue weighted by atomic mass is 32.2. The zero-order valence-corrected chi connectivity index (χ0v) is 12.9. The molecule has 1 amide bonds. The number of carbonyl (C=O) groups excluding carboxylic acids is 1. The topological polar surface area (TPSA) is 80.5 Å². The number of sulfonamides is 1. The van der Waals surface area contributed by atoms with Crippen molar-refractivity contribution in [3.05, 3.63) is 0 Å². The Morgan fingerprint density at radius 2 is 1.60 bits per heavy atom. The Hall–Kier alpha value is -0.620. The van der Waals surface area contributed by atoms with Gasteiger partial charge in [-0.05, 0) is 61.7 Å². The average molecular weight is 300 g/mol. The number of rotatable bonds is 5. The monoisotopic (exact) mass is 300 g/mol. The van der Waals surface area contributed by atoms with Crippen LogP contribution in [0.4, 0.5) is 0 Å². The Morgan fingerprint density at radius 1 is 1.15 bits per heavy atom. The molecule has 5 nitrogen and oxygen atoms in total. The Labute approximate surface area is 120 Å². The summed E-state index contributed by atoms with van der Waals surface area (Å²) >= 11 is 0. The summed E-state index contributed by atoms with van der Waals surface area (Å²) in [7, 11) is -1.93. The summed E-state index contributed by atoms with van der Waals surface area (Å²) in [6, 6.07) is 0. The van der Waals surface area contributed by atoms with Crippen molar-refractivity contribution in [2.45, 2.75) is 38.5 Å². The van der Waals surface area contributed by atoms with E-state index >= 15 is 0 Å². The van der Waals surface area contributed by atoms with Crippen LogP contribution in [0.2, 0.25) is 0 Å². The lowest BCUT2D eigenvalue weighted by Gasteiger charge is -2.56. The van der Waals surface area contributed by atoms with Crippen LogP contribution < -0.4 is 5.73 Å². The summed E-state index contributed by atoms with van der Waals surface area (Å²) in [6.45, 7) is -0.214. The van der Waals surface area contributed by atoms with Gasteiger partial charge in [-0.2, -0.15) is 4.31 Å². The van der Waals surface area contributed by atoms with E-state index in [0.29, 0.717) is 0 Å². The van der Waals surface area contributed by atoms with Gasteiger partial charge >= 0.3 is 0 Å². The van der Waals surface area contributed by atoms with Crippen LogP contribution in [0.5, 0.6) is 0 Å². The second-order valence-corrected chi connectivity index (χ2v) is 9.47.